The molecule has 2 aromatic rings. The van der Waals surface area contributed by atoms with Crippen molar-refractivity contribution in [2.45, 2.75) is 13.2 Å². The van der Waals surface area contributed by atoms with Gasteiger partial charge in [0.05, 0.1) is 6.54 Å². The fourth-order valence-electron chi connectivity index (χ4n) is 2.12. The van der Waals surface area contributed by atoms with E-state index < -0.39 is 0 Å². The Labute approximate surface area is 135 Å². The van der Waals surface area contributed by atoms with Crippen molar-refractivity contribution >= 4 is 17.5 Å². The van der Waals surface area contributed by atoms with Crippen LogP contribution in [0.1, 0.15) is 11.1 Å². The van der Waals surface area contributed by atoms with E-state index in [0.29, 0.717) is 18.2 Å². The predicted molar refractivity (Wildman–Crippen MR) is 87.8 cm³/mol. The molecule has 0 aliphatic carbocycles. The first-order chi connectivity index (χ1) is 10.5. The number of carbonyl (C=O) groups is 1. The van der Waals surface area contributed by atoms with Gasteiger partial charge in [0, 0.05) is 11.6 Å². The summed E-state index contributed by atoms with van der Waals surface area (Å²) >= 11 is 5.94. The van der Waals surface area contributed by atoms with Crippen LogP contribution in [-0.2, 0) is 17.9 Å². The third kappa shape index (κ3) is 5.39. The quantitative estimate of drug-likeness (QED) is 0.854. The molecule has 1 amide bonds. The van der Waals surface area contributed by atoms with Crippen molar-refractivity contribution in [3.05, 3.63) is 64.7 Å². The van der Waals surface area contributed by atoms with Crippen molar-refractivity contribution in [1.29, 1.82) is 0 Å². The van der Waals surface area contributed by atoms with Crippen LogP contribution in [0.15, 0.2) is 48.5 Å². The van der Waals surface area contributed by atoms with Crippen LogP contribution < -0.4 is 10.5 Å². The second-order valence-corrected chi connectivity index (χ2v) is 5.64. The minimum Gasteiger partial charge on any atom is -0.489 e. The van der Waals surface area contributed by atoms with E-state index in [2.05, 4.69) is 0 Å². The Morgan fingerprint density at radius 3 is 2.55 bits per heavy atom. The highest BCUT2D eigenvalue weighted by Crippen LogP contribution is 2.16. The van der Waals surface area contributed by atoms with Crippen molar-refractivity contribution in [2.24, 2.45) is 5.73 Å². The average molecular weight is 319 g/mol. The molecule has 4 nitrogen and oxygen atoms in total. The van der Waals surface area contributed by atoms with Gasteiger partial charge in [0.15, 0.2) is 0 Å². The number of primary amides is 1. The van der Waals surface area contributed by atoms with E-state index >= 15 is 0 Å². The topological polar surface area (TPSA) is 55.6 Å². The number of hydrogen-bond donors (Lipinski definition) is 1. The molecule has 0 spiro atoms. The molecule has 0 heterocycles. The Hall–Kier alpha value is -2.04. The van der Waals surface area contributed by atoms with Gasteiger partial charge < -0.3 is 10.5 Å². The van der Waals surface area contributed by atoms with Crippen molar-refractivity contribution in [3.8, 4) is 5.75 Å². The molecule has 0 fully saturated rings. The molecule has 0 bridgehead atoms. The predicted octanol–water partition coefficient (Wildman–Crippen LogP) is 2.84. The van der Waals surface area contributed by atoms with E-state index in [1.165, 1.54) is 0 Å². The lowest BCUT2D eigenvalue weighted by Gasteiger charge is -2.14. The van der Waals surface area contributed by atoms with Gasteiger partial charge >= 0.3 is 0 Å². The van der Waals surface area contributed by atoms with E-state index in [1.54, 1.807) is 0 Å². The smallest absolute Gasteiger partial charge is 0.231 e. The Balaban J connectivity index is 1.87. The first kappa shape index (κ1) is 16.3. The molecule has 116 valence electrons. The summed E-state index contributed by atoms with van der Waals surface area (Å²) in [6, 6.07) is 15.4. The lowest BCUT2D eigenvalue weighted by atomic mass is 10.2. The number of ether oxygens (including phenoxy) is 1. The molecule has 2 rings (SSSR count). The molecule has 0 aliphatic rings. The van der Waals surface area contributed by atoms with Gasteiger partial charge in [0.2, 0.25) is 5.91 Å². The zero-order valence-electron chi connectivity index (χ0n) is 12.5. The highest BCUT2D eigenvalue weighted by molar-refractivity contribution is 6.30. The van der Waals surface area contributed by atoms with Crippen LogP contribution in [0.4, 0.5) is 0 Å². The molecule has 0 radical (unpaired) electrons. The highest BCUT2D eigenvalue weighted by Gasteiger charge is 2.04. The van der Waals surface area contributed by atoms with Gasteiger partial charge in [-0.25, -0.2) is 0 Å². The largest absolute Gasteiger partial charge is 0.489 e. The number of likely N-dealkylation sites (N-methyl/N-ethyl adjacent to an activating group) is 1. The minimum atomic E-state index is -0.330. The Bertz CT molecular complexity index is 629. The van der Waals surface area contributed by atoms with E-state index in [-0.39, 0.29) is 12.5 Å². The minimum absolute atomic E-state index is 0.243. The summed E-state index contributed by atoms with van der Waals surface area (Å²) in [6.45, 7) is 1.38. The maximum Gasteiger partial charge on any atom is 0.231 e. The van der Waals surface area contributed by atoms with Gasteiger partial charge in [-0.1, -0.05) is 35.9 Å². The summed E-state index contributed by atoms with van der Waals surface area (Å²) in [5, 5.41) is 0.703. The van der Waals surface area contributed by atoms with Gasteiger partial charge in [-0.3, -0.25) is 9.69 Å². The van der Waals surface area contributed by atoms with Gasteiger partial charge in [0.1, 0.15) is 12.4 Å². The molecule has 0 aromatic heterocycles. The SMILES string of the molecule is CN(CC(N)=O)Cc1ccc(OCc2cccc(Cl)c2)cc1. The van der Waals surface area contributed by atoms with Crippen LogP contribution in [0.3, 0.4) is 0 Å². The maximum atomic E-state index is 10.8. The highest BCUT2D eigenvalue weighted by atomic mass is 35.5. The number of hydrogen-bond acceptors (Lipinski definition) is 3. The number of benzene rings is 2. The Kier molecular flexibility index (Phi) is 5.81. The standard InChI is InChI=1S/C17H19ClN2O2/c1-20(11-17(19)21)10-13-5-7-16(8-6-13)22-12-14-3-2-4-15(18)9-14/h2-9H,10-12H2,1H3,(H2,19,21). The summed E-state index contributed by atoms with van der Waals surface area (Å²) in [7, 11) is 1.86. The van der Waals surface area contributed by atoms with Gasteiger partial charge in [-0.15, -0.1) is 0 Å². The number of halogens is 1. The van der Waals surface area contributed by atoms with Crippen LogP contribution in [-0.4, -0.2) is 24.4 Å². The van der Waals surface area contributed by atoms with E-state index in [0.717, 1.165) is 16.9 Å². The molecule has 0 aliphatic heterocycles. The first-order valence-electron chi connectivity index (χ1n) is 6.96. The Morgan fingerprint density at radius 2 is 1.91 bits per heavy atom. The lowest BCUT2D eigenvalue weighted by molar-refractivity contribution is -0.118. The summed E-state index contributed by atoms with van der Waals surface area (Å²) in [4.78, 5) is 12.7. The van der Waals surface area contributed by atoms with E-state index in [1.807, 2.05) is 60.5 Å². The second-order valence-electron chi connectivity index (χ2n) is 5.20. The first-order valence-corrected chi connectivity index (χ1v) is 7.34. The van der Waals surface area contributed by atoms with Crippen LogP contribution in [0.2, 0.25) is 5.02 Å². The fraction of sp³-hybridized carbons (Fsp3) is 0.235. The monoisotopic (exact) mass is 318 g/mol. The lowest BCUT2D eigenvalue weighted by Crippen LogP contribution is -2.30. The molecule has 2 N–H and O–H groups in total. The normalized spacial score (nSPS) is 10.7. The maximum absolute atomic E-state index is 10.8. The van der Waals surface area contributed by atoms with E-state index in [9.17, 15) is 4.79 Å². The summed E-state index contributed by atoms with van der Waals surface area (Å²) in [5.74, 6) is 0.463. The molecule has 0 unspecified atom stereocenters. The number of amides is 1. The summed E-state index contributed by atoms with van der Waals surface area (Å²) in [6.07, 6.45) is 0. The zero-order chi connectivity index (χ0) is 15.9. The number of nitrogens with zero attached hydrogens (tertiary/aromatic N) is 1. The van der Waals surface area contributed by atoms with Gasteiger partial charge in [0.25, 0.3) is 0 Å². The number of rotatable bonds is 7. The summed E-state index contributed by atoms with van der Waals surface area (Å²) in [5.41, 5.74) is 7.29. The van der Waals surface area contributed by atoms with Gasteiger partial charge in [-0.05, 0) is 42.4 Å². The summed E-state index contributed by atoms with van der Waals surface area (Å²) < 4.78 is 5.73. The molecular formula is C17H19ClN2O2. The van der Waals surface area contributed by atoms with Crippen LogP contribution in [0.25, 0.3) is 0 Å². The zero-order valence-corrected chi connectivity index (χ0v) is 13.2. The van der Waals surface area contributed by atoms with Crippen molar-refractivity contribution in [2.75, 3.05) is 13.6 Å². The third-order valence-electron chi connectivity index (χ3n) is 3.10. The molecule has 0 atom stereocenters. The van der Waals surface area contributed by atoms with Crippen molar-refractivity contribution in [3.63, 3.8) is 0 Å². The molecule has 0 saturated carbocycles. The van der Waals surface area contributed by atoms with Crippen LogP contribution in [0.5, 0.6) is 5.75 Å². The molecule has 0 saturated heterocycles. The van der Waals surface area contributed by atoms with E-state index in [4.69, 9.17) is 22.1 Å². The number of nitrogens with two attached hydrogens (primary N) is 1. The van der Waals surface area contributed by atoms with Gasteiger partial charge in [-0.2, -0.15) is 0 Å². The Morgan fingerprint density at radius 1 is 1.18 bits per heavy atom. The molecule has 22 heavy (non-hydrogen) atoms. The van der Waals surface area contributed by atoms with Crippen LogP contribution >= 0.6 is 11.6 Å². The van der Waals surface area contributed by atoms with Crippen molar-refractivity contribution < 1.29 is 9.53 Å². The fourth-order valence-corrected chi connectivity index (χ4v) is 2.33. The average Bonchev–Trinajstić information content (AvgIpc) is 2.46. The van der Waals surface area contributed by atoms with Crippen LogP contribution in [0, 0.1) is 0 Å². The molecule has 5 heteroatoms. The second kappa shape index (κ2) is 7.82. The number of carbonyl (C=O) groups excluding carboxylic acids is 1. The third-order valence-corrected chi connectivity index (χ3v) is 3.33. The molecule has 2 aromatic carbocycles. The van der Waals surface area contributed by atoms with Crippen molar-refractivity contribution in [1.82, 2.24) is 4.90 Å². The molecular weight excluding hydrogens is 300 g/mol.